The number of pyridine rings is 1. The van der Waals surface area contributed by atoms with Crippen LogP contribution in [-0.2, 0) is 11.2 Å². The third-order valence-corrected chi connectivity index (χ3v) is 5.54. The Morgan fingerprint density at radius 2 is 1.96 bits per heavy atom. The van der Waals surface area contributed by atoms with Gasteiger partial charge in [-0.3, -0.25) is 4.79 Å². The van der Waals surface area contributed by atoms with Crippen molar-refractivity contribution in [3.05, 3.63) is 40.0 Å². The van der Waals surface area contributed by atoms with E-state index in [-0.39, 0.29) is 11.7 Å². The summed E-state index contributed by atoms with van der Waals surface area (Å²) in [6.45, 7) is 4.04. The van der Waals surface area contributed by atoms with Crippen LogP contribution in [0.4, 0.5) is 0 Å². The molecule has 1 heterocycles. The minimum atomic E-state index is 0.110. The zero-order valence-electron chi connectivity index (χ0n) is 15.9. The van der Waals surface area contributed by atoms with E-state index in [1.165, 1.54) is 0 Å². The fourth-order valence-electron chi connectivity index (χ4n) is 3.64. The molecule has 3 rings (SSSR count). The van der Waals surface area contributed by atoms with Crippen molar-refractivity contribution >= 4 is 66.5 Å². The number of benzene rings is 1. The summed E-state index contributed by atoms with van der Waals surface area (Å²) < 4.78 is 6.96. The smallest absolute Gasteiger partial charge is 0.166 e. The summed E-state index contributed by atoms with van der Waals surface area (Å²) in [4.78, 5) is 17.5. The third-order valence-electron chi connectivity index (χ3n) is 5.21. The van der Waals surface area contributed by atoms with Crippen molar-refractivity contribution in [3.8, 4) is 0 Å². The summed E-state index contributed by atoms with van der Waals surface area (Å²) in [6, 6.07) is 6.04. The standard InChI is InChI=1S/C20H24ClNO2.CHIS/c1-4-13-10-15-11-17(12(2)9-18(15)22-20(13)21)19(23)14-5-7-16(24-3)8-6-14;2-1-3/h9-11,14,16H,4-8H2,1-3H3;1H. The largest absolute Gasteiger partial charge is 0.381 e. The van der Waals surface area contributed by atoms with Crippen LogP contribution in [0.15, 0.2) is 18.2 Å². The number of ketones is 1. The highest BCUT2D eigenvalue weighted by molar-refractivity contribution is 14.1. The van der Waals surface area contributed by atoms with E-state index in [0.717, 1.165) is 59.7 Å². The number of methoxy groups -OCH3 is 1. The van der Waals surface area contributed by atoms with Crippen LogP contribution >= 0.6 is 46.4 Å². The molecular formula is C21H25ClINO2S. The lowest BCUT2D eigenvalue weighted by molar-refractivity contribution is 0.0519. The molecule has 1 aromatic heterocycles. The summed E-state index contributed by atoms with van der Waals surface area (Å²) in [5, 5.41) is 1.55. The summed E-state index contributed by atoms with van der Waals surface area (Å²) in [5.41, 5.74) is 3.69. The van der Waals surface area contributed by atoms with Crippen molar-refractivity contribution < 1.29 is 9.53 Å². The van der Waals surface area contributed by atoms with Gasteiger partial charge in [0.25, 0.3) is 0 Å². The molecule has 0 radical (unpaired) electrons. The summed E-state index contributed by atoms with van der Waals surface area (Å²) in [7, 11) is 1.75. The molecule has 0 aliphatic heterocycles. The van der Waals surface area contributed by atoms with Gasteiger partial charge in [0.1, 0.15) is 5.15 Å². The second-order valence-corrected chi connectivity index (χ2v) is 8.88. The van der Waals surface area contributed by atoms with Crippen LogP contribution in [0.5, 0.6) is 0 Å². The molecule has 0 atom stereocenters. The number of aryl methyl sites for hydroxylation is 2. The first-order chi connectivity index (χ1) is 12.9. The van der Waals surface area contributed by atoms with Gasteiger partial charge in [0.15, 0.2) is 5.78 Å². The molecule has 0 amide bonds. The zero-order chi connectivity index (χ0) is 20.0. The molecule has 146 valence electrons. The summed E-state index contributed by atoms with van der Waals surface area (Å²) in [5.74, 6) is 0.371. The van der Waals surface area contributed by atoms with Gasteiger partial charge in [-0.2, -0.15) is 0 Å². The van der Waals surface area contributed by atoms with E-state index in [9.17, 15) is 4.79 Å². The van der Waals surface area contributed by atoms with Gasteiger partial charge >= 0.3 is 0 Å². The highest BCUT2D eigenvalue weighted by Crippen LogP contribution is 2.31. The molecule has 0 spiro atoms. The number of ether oxygens (including phenoxy) is 1. The van der Waals surface area contributed by atoms with Gasteiger partial charge in [0, 0.05) is 27.4 Å². The predicted octanol–water partition coefficient (Wildman–Crippen LogP) is 6.53. The number of fused-ring (bicyclic) bond motifs is 1. The maximum Gasteiger partial charge on any atom is 0.166 e. The molecule has 1 fully saturated rings. The van der Waals surface area contributed by atoms with Gasteiger partial charge in [-0.25, -0.2) is 4.98 Å². The van der Waals surface area contributed by atoms with Crippen LogP contribution in [0.2, 0.25) is 5.15 Å². The quantitative estimate of drug-likeness (QED) is 0.152. The normalized spacial score (nSPS) is 19.3. The Hall–Kier alpha value is -0.630. The zero-order valence-corrected chi connectivity index (χ0v) is 19.7. The lowest BCUT2D eigenvalue weighted by Gasteiger charge is -2.27. The van der Waals surface area contributed by atoms with Crippen LogP contribution in [0, 0.1) is 12.8 Å². The molecule has 0 N–H and O–H groups in total. The number of thiocarbonyl (C=S) groups is 1. The molecule has 1 aromatic carbocycles. The molecule has 27 heavy (non-hydrogen) atoms. The average molecular weight is 518 g/mol. The predicted molar refractivity (Wildman–Crippen MR) is 126 cm³/mol. The maximum atomic E-state index is 13.0. The van der Waals surface area contributed by atoms with E-state index in [1.807, 2.05) is 41.6 Å². The molecule has 0 unspecified atom stereocenters. The van der Waals surface area contributed by atoms with Crippen molar-refractivity contribution in [1.82, 2.24) is 4.98 Å². The van der Waals surface area contributed by atoms with Crippen molar-refractivity contribution in [2.45, 2.75) is 52.1 Å². The number of hydrogen-bond donors (Lipinski definition) is 0. The number of halogens is 2. The SMILES string of the molecule is CCc1cc2cc(C(=O)C3CCC(OC)CC3)c(C)cc2nc1Cl.S=CI. The average Bonchev–Trinajstić information content (AvgIpc) is 2.67. The second kappa shape index (κ2) is 10.8. The van der Waals surface area contributed by atoms with Gasteiger partial charge in [0.05, 0.1) is 11.6 Å². The van der Waals surface area contributed by atoms with Crippen LogP contribution in [0.25, 0.3) is 10.9 Å². The number of carbonyl (C=O) groups is 1. The molecule has 0 saturated heterocycles. The first kappa shape index (κ1) is 22.7. The fourth-order valence-corrected chi connectivity index (χ4v) is 3.92. The highest BCUT2D eigenvalue weighted by Gasteiger charge is 2.28. The van der Waals surface area contributed by atoms with Crippen LogP contribution in [0.3, 0.4) is 0 Å². The second-order valence-electron chi connectivity index (χ2n) is 6.81. The Bertz CT molecular complexity index is 819. The summed E-state index contributed by atoms with van der Waals surface area (Å²) >= 11 is 12.5. The van der Waals surface area contributed by atoms with E-state index in [1.54, 1.807) is 10.5 Å². The fraction of sp³-hybridized carbons (Fsp3) is 0.476. The topological polar surface area (TPSA) is 39.2 Å². The van der Waals surface area contributed by atoms with Crippen LogP contribution in [0.1, 0.15) is 54.1 Å². The van der Waals surface area contributed by atoms with Crippen molar-refractivity contribution in [2.75, 3.05) is 7.11 Å². The first-order valence-electron chi connectivity index (χ1n) is 9.15. The van der Waals surface area contributed by atoms with Crippen LogP contribution < -0.4 is 0 Å². The van der Waals surface area contributed by atoms with Crippen molar-refractivity contribution in [3.63, 3.8) is 0 Å². The van der Waals surface area contributed by atoms with Gasteiger partial charge in [-0.1, -0.05) is 30.7 Å². The first-order valence-corrected chi connectivity index (χ1v) is 11.2. The number of aromatic nitrogens is 1. The van der Waals surface area contributed by atoms with E-state index >= 15 is 0 Å². The molecule has 2 aromatic rings. The van der Waals surface area contributed by atoms with Gasteiger partial charge in [-0.05, 0) is 90.9 Å². The Morgan fingerprint density at radius 3 is 2.52 bits per heavy atom. The van der Waals surface area contributed by atoms with Gasteiger partial charge in [-0.15, -0.1) is 0 Å². The maximum absolute atomic E-state index is 13.0. The molecule has 6 heteroatoms. The van der Waals surface area contributed by atoms with Crippen molar-refractivity contribution in [1.29, 1.82) is 0 Å². The van der Waals surface area contributed by atoms with Crippen LogP contribution in [-0.4, -0.2) is 27.4 Å². The summed E-state index contributed by atoms with van der Waals surface area (Å²) in [6.07, 6.45) is 4.90. The molecule has 1 aliphatic carbocycles. The number of carbonyl (C=O) groups excluding carboxylic acids is 1. The Kier molecular flexibility index (Phi) is 9.05. The minimum Gasteiger partial charge on any atom is -0.381 e. The minimum absolute atomic E-state index is 0.110. The number of rotatable bonds is 4. The van der Waals surface area contributed by atoms with E-state index in [2.05, 4.69) is 30.2 Å². The van der Waals surface area contributed by atoms with Gasteiger partial charge < -0.3 is 4.74 Å². The van der Waals surface area contributed by atoms with E-state index < -0.39 is 0 Å². The lowest BCUT2D eigenvalue weighted by Crippen LogP contribution is -2.26. The highest BCUT2D eigenvalue weighted by atomic mass is 127. The molecular weight excluding hydrogens is 493 g/mol. The molecule has 1 aliphatic rings. The van der Waals surface area contributed by atoms with E-state index in [4.69, 9.17) is 16.3 Å². The molecule has 3 nitrogen and oxygen atoms in total. The molecule has 0 bridgehead atoms. The Balaban J connectivity index is 0.000000817. The van der Waals surface area contributed by atoms with Gasteiger partial charge in [0.2, 0.25) is 0 Å². The lowest BCUT2D eigenvalue weighted by atomic mass is 9.81. The van der Waals surface area contributed by atoms with Crippen molar-refractivity contribution in [2.24, 2.45) is 5.92 Å². The Morgan fingerprint density at radius 1 is 1.33 bits per heavy atom. The van der Waals surface area contributed by atoms with E-state index in [0.29, 0.717) is 11.3 Å². The number of nitrogens with zero attached hydrogens (tertiary/aromatic N) is 1. The number of Topliss-reactive ketones (excluding diaryl/α,β-unsaturated/α-hetero) is 1. The third kappa shape index (κ3) is 5.68. The monoisotopic (exact) mass is 517 g/mol. The molecule has 1 saturated carbocycles. The Labute approximate surface area is 185 Å². The number of hydrogen-bond acceptors (Lipinski definition) is 4.